The van der Waals surface area contributed by atoms with Gasteiger partial charge < -0.3 is 10.1 Å². The van der Waals surface area contributed by atoms with Gasteiger partial charge in [0.15, 0.2) is 0 Å². The highest BCUT2D eigenvalue weighted by Gasteiger charge is 2.23. The minimum atomic E-state index is -0.120. The van der Waals surface area contributed by atoms with Gasteiger partial charge in [-0.05, 0) is 43.0 Å². The van der Waals surface area contributed by atoms with Crippen LogP contribution in [0.4, 0.5) is 0 Å². The summed E-state index contributed by atoms with van der Waals surface area (Å²) in [6.45, 7) is 4.81. The van der Waals surface area contributed by atoms with E-state index in [2.05, 4.69) is 34.5 Å². The number of halogens is 1. The van der Waals surface area contributed by atoms with Crippen LogP contribution in [0.25, 0.3) is 0 Å². The van der Waals surface area contributed by atoms with Gasteiger partial charge >= 0.3 is 0 Å². The molecule has 1 aliphatic rings. The molecule has 1 heterocycles. The number of amides is 1. The first kappa shape index (κ1) is 18.7. The topological polar surface area (TPSA) is 41.6 Å². The fraction of sp³-hybridized carbons (Fsp3) is 0.381. The molecule has 1 N–H and O–H groups in total. The molecule has 0 saturated carbocycles. The minimum Gasteiger partial charge on any atom is -0.496 e. The number of likely N-dealkylation sites (tertiary alicyclic amines) is 1. The molecule has 0 spiro atoms. The number of hydrogen-bond donors (Lipinski definition) is 1. The van der Waals surface area contributed by atoms with Crippen molar-refractivity contribution >= 4 is 17.5 Å². The first-order valence-corrected chi connectivity index (χ1v) is 9.36. The monoisotopic (exact) mass is 372 g/mol. The average Bonchev–Trinajstić information content (AvgIpc) is 2.66. The molecule has 2 aromatic rings. The standard InChI is InChI=1S/C21H25ClN2O2/c1-15-12-20(26-2)18(13-19(15)22)21(25)23-17-8-10-24(11-9-17)14-16-6-4-3-5-7-16/h3-7,12-13,17H,8-11,14H2,1-2H3,(H,23,25). The largest absolute Gasteiger partial charge is 0.496 e. The second-order valence-electron chi connectivity index (χ2n) is 6.81. The Morgan fingerprint density at radius 2 is 1.92 bits per heavy atom. The SMILES string of the molecule is COc1cc(C)c(Cl)cc1C(=O)NC1CCN(Cc2ccccc2)CC1. The minimum absolute atomic E-state index is 0.120. The number of hydrogen-bond acceptors (Lipinski definition) is 3. The van der Waals surface area contributed by atoms with E-state index in [1.807, 2.05) is 13.0 Å². The number of carbonyl (C=O) groups is 1. The Kier molecular flexibility index (Phi) is 6.17. The quantitative estimate of drug-likeness (QED) is 0.860. The zero-order valence-electron chi connectivity index (χ0n) is 15.3. The summed E-state index contributed by atoms with van der Waals surface area (Å²) in [5, 5.41) is 3.71. The highest BCUT2D eigenvalue weighted by atomic mass is 35.5. The summed E-state index contributed by atoms with van der Waals surface area (Å²) in [4.78, 5) is 15.1. The van der Waals surface area contributed by atoms with Crippen molar-refractivity contribution in [3.05, 3.63) is 64.2 Å². The summed E-state index contributed by atoms with van der Waals surface area (Å²) in [6, 6.07) is 14.2. The molecule has 26 heavy (non-hydrogen) atoms. The van der Waals surface area contributed by atoms with E-state index in [0.29, 0.717) is 16.3 Å². The van der Waals surface area contributed by atoms with E-state index in [0.717, 1.165) is 38.0 Å². The second-order valence-corrected chi connectivity index (χ2v) is 7.22. The number of nitrogens with zero attached hydrogens (tertiary/aromatic N) is 1. The van der Waals surface area contributed by atoms with Crippen molar-refractivity contribution in [2.75, 3.05) is 20.2 Å². The van der Waals surface area contributed by atoms with E-state index in [-0.39, 0.29) is 11.9 Å². The summed E-state index contributed by atoms with van der Waals surface area (Å²) >= 11 is 6.18. The van der Waals surface area contributed by atoms with Gasteiger partial charge in [0.1, 0.15) is 5.75 Å². The number of ether oxygens (including phenoxy) is 1. The molecular formula is C21H25ClN2O2. The molecule has 138 valence electrons. The number of aryl methyl sites for hydroxylation is 1. The smallest absolute Gasteiger partial charge is 0.255 e. The lowest BCUT2D eigenvalue weighted by atomic mass is 10.0. The van der Waals surface area contributed by atoms with Crippen LogP contribution in [0.3, 0.4) is 0 Å². The maximum atomic E-state index is 12.7. The van der Waals surface area contributed by atoms with Gasteiger partial charge in [-0.3, -0.25) is 9.69 Å². The summed E-state index contributed by atoms with van der Waals surface area (Å²) < 4.78 is 5.35. The predicted octanol–water partition coefficient (Wildman–Crippen LogP) is 4.05. The van der Waals surface area contributed by atoms with E-state index in [4.69, 9.17) is 16.3 Å². The van der Waals surface area contributed by atoms with Crippen molar-refractivity contribution in [2.45, 2.75) is 32.4 Å². The van der Waals surface area contributed by atoms with Gasteiger partial charge in [0.2, 0.25) is 0 Å². The van der Waals surface area contributed by atoms with Crippen LogP contribution in [0.1, 0.15) is 34.3 Å². The third kappa shape index (κ3) is 4.57. The molecule has 3 rings (SSSR count). The average molecular weight is 373 g/mol. The maximum absolute atomic E-state index is 12.7. The first-order valence-electron chi connectivity index (χ1n) is 8.98. The molecule has 1 fully saturated rings. The fourth-order valence-corrected chi connectivity index (χ4v) is 3.51. The summed E-state index contributed by atoms with van der Waals surface area (Å²) in [6.07, 6.45) is 1.89. The maximum Gasteiger partial charge on any atom is 0.255 e. The Bertz CT molecular complexity index is 756. The summed E-state index contributed by atoms with van der Waals surface area (Å²) in [7, 11) is 1.57. The van der Waals surface area contributed by atoms with Crippen LogP contribution in [0.2, 0.25) is 5.02 Å². The highest BCUT2D eigenvalue weighted by molar-refractivity contribution is 6.31. The molecule has 1 aliphatic heterocycles. The Hall–Kier alpha value is -2.04. The molecule has 0 unspecified atom stereocenters. The molecule has 0 atom stereocenters. The normalized spacial score (nSPS) is 15.7. The number of benzene rings is 2. The van der Waals surface area contributed by atoms with Crippen molar-refractivity contribution in [3.63, 3.8) is 0 Å². The van der Waals surface area contributed by atoms with Crippen molar-refractivity contribution in [3.8, 4) is 5.75 Å². The van der Waals surface area contributed by atoms with E-state index < -0.39 is 0 Å². The van der Waals surface area contributed by atoms with Gasteiger partial charge in [-0.1, -0.05) is 41.9 Å². The number of rotatable bonds is 5. The first-order chi connectivity index (χ1) is 12.6. The number of carbonyl (C=O) groups excluding carboxylic acids is 1. The van der Waals surface area contributed by atoms with Gasteiger partial charge in [0.05, 0.1) is 12.7 Å². The van der Waals surface area contributed by atoms with Crippen LogP contribution in [0.15, 0.2) is 42.5 Å². The molecule has 1 saturated heterocycles. The van der Waals surface area contributed by atoms with Gasteiger partial charge in [-0.2, -0.15) is 0 Å². The van der Waals surface area contributed by atoms with Crippen LogP contribution in [-0.2, 0) is 6.54 Å². The molecular weight excluding hydrogens is 348 g/mol. The van der Waals surface area contributed by atoms with Crippen LogP contribution in [0.5, 0.6) is 5.75 Å². The van der Waals surface area contributed by atoms with E-state index in [1.54, 1.807) is 19.2 Å². The number of methoxy groups -OCH3 is 1. The molecule has 0 aliphatic carbocycles. The van der Waals surface area contributed by atoms with Gasteiger partial charge in [0.25, 0.3) is 5.91 Å². The van der Waals surface area contributed by atoms with Crippen LogP contribution >= 0.6 is 11.6 Å². The van der Waals surface area contributed by atoms with Crippen LogP contribution in [-0.4, -0.2) is 37.0 Å². The molecule has 4 nitrogen and oxygen atoms in total. The van der Waals surface area contributed by atoms with Crippen LogP contribution in [0, 0.1) is 6.92 Å². The molecule has 0 aromatic heterocycles. The summed E-state index contributed by atoms with van der Waals surface area (Å²) in [5.74, 6) is 0.441. The molecule has 5 heteroatoms. The second kappa shape index (κ2) is 8.56. The number of nitrogens with one attached hydrogen (secondary N) is 1. The third-order valence-electron chi connectivity index (χ3n) is 4.90. The molecule has 0 radical (unpaired) electrons. The molecule has 1 amide bonds. The number of piperidine rings is 1. The van der Waals surface area contributed by atoms with Crippen molar-refractivity contribution in [1.82, 2.24) is 10.2 Å². The molecule has 2 aromatic carbocycles. The highest BCUT2D eigenvalue weighted by Crippen LogP contribution is 2.27. The van der Waals surface area contributed by atoms with Crippen molar-refractivity contribution < 1.29 is 9.53 Å². The zero-order valence-corrected chi connectivity index (χ0v) is 16.1. The Balaban J connectivity index is 1.56. The molecule has 0 bridgehead atoms. The third-order valence-corrected chi connectivity index (χ3v) is 5.30. The predicted molar refractivity (Wildman–Crippen MR) is 105 cm³/mol. The lowest BCUT2D eigenvalue weighted by molar-refractivity contribution is 0.0906. The van der Waals surface area contributed by atoms with Gasteiger partial charge in [0, 0.05) is 30.7 Å². The fourth-order valence-electron chi connectivity index (χ4n) is 3.34. The lowest BCUT2D eigenvalue weighted by Crippen LogP contribution is -2.44. The summed E-state index contributed by atoms with van der Waals surface area (Å²) in [5.41, 5.74) is 2.72. The van der Waals surface area contributed by atoms with E-state index >= 15 is 0 Å². The van der Waals surface area contributed by atoms with Gasteiger partial charge in [-0.15, -0.1) is 0 Å². The van der Waals surface area contributed by atoms with Crippen molar-refractivity contribution in [2.24, 2.45) is 0 Å². The van der Waals surface area contributed by atoms with Crippen LogP contribution < -0.4 is 10.1 Å². The zero-order chi connectivity index (χ0) is 18.5. The van der Waals surface area contributed by atoms with E-state index in [9.17, 15) is 4.79 Å². The Morgan fingerprint density at radius 1 is 1.23 bits per heavy atom. The Labute approximate surface area is 160 Å². The van der Waals surface area contributed by atoms with Crippen molar-refractivity contribution in [1.29, 1.82) is 0 Å². The Morgan fingerprint density at radius 3 is 2.58 bits per heavy atom. The lowest BCUT2D eigenvalue weighted by Gasteiger charge is -2.32. The van der Waals surface area contributed by atoms with Gasteiger partial charge in [-0.25, -0.2) is 0 Å². The van der Waals surface area contributed by atoms with E-state index in [1.165, 1.54) is 5.56 Å².